The molecule has 0 aliphatic carbocycles. The molecular weight excluding hydrogens is 342 g/mol. The van der Waals surface area contributed by atoms with Gasteiger partial charge in [-0.1, -0.05) is 6.07 Å². The second-order valence-corrected chi connectivity index (χ2v) is 6.03. The maximum atomic E-state index is 6.07. The van der Waals surface area contributed by atoms with Gasteiger partial charge >= 0.3 is 0 Å². The van der Waals surface area contributed by atoms with Crippen LogP contribution in [0.5, 0.6) is 5.88 Å². The second kappa shape index (κ2) is 6.91. The molecule has 0 fully saturated rings. The molecule has 0 saturated carbocycles. The van der Waals surface area contributed by atoms with Crippen molar-refractivity contribution in [3.05, 3.63) is 60.3 Å². The van der Waals surface area contributed by atoms with E-state index in [0.29, 0.717) is 18.1 Å². The highest BCUT2D eigenvalue weighted by atomic mass is 16.5. The minimum absolute atomic E-state index is 0.460. The highest BCUT2D eigenvalue weighted by Crippen LogP contribution is 2.28. The Morgan fingerprint density at radius 1 is 1.11 bits per heavy atom. The monoisotopic (exact) mass is 361 g/mol. The van der Waals surface area contributed by atoms with Crippen LogP contribution in [0.3, 0.4) is 0 Å². The molecule has 4 aromatic heterocycles. The average molecular weight is 361 g/mol. The Bertz CT molecular complexity index is 1110. The highest BCUT2D eigenvalue weighted by molar-refractivity contribution is 5.80. The minimum atomic E-state index is 0.460. The number of fused-ring (bicyclic) bond motifs is 1. The number of rotatable bonds is 5. The van der Waals surface area contributed by atoms with Crippen molar-refractivity contribution in [2.75, 3.05) is 18.2 Å². The Morgan fingerprint density at radius 2 is 2.00 bits per heavy atom. The first-order chi connectivity index (χ1) is 13.2. The van der Waals surface area contributed by atoms with Crippen LogP contribution in [0.25, 0.3) is 16.8 Å². The van der Waals surface area contributed by atoms with Gasteiger partial charge in [-0.2, -0.15) is 0 Å². The van der Waals surface area contributed by atoms with Crippen molar-refractivity contribution in [2.45, 2.75) is 13.5 Å². The number of nitrogens with two attached hydrogens (primary N) is 1. The van der Waals surface area contributed by atoms with Gasteiger partial charge in [-0.05, 0) is 31.2 Å². The van der Waals surface area contributed by atoms with Crippen LogP contribution in [0.2, 0.25) is 0 Å². The number of nitrogen functional groups attached to an aromatic ring is 1. The SMILES string of the molecule is COc1nccc(N)c1CNc1ccc(-c2cccnc2C)c2nncn12. The lowest BCUT2D eigenvalue weighted by molar-refractivity contribution is 0.393. The van der Waals surface area contributed by atoms with E-state index in [4.69, 9.17) is 10.5 Å². The third-order valence-corrected chi connectivity index (χ3v) is 4.45. The molecule has 4 aromatic rings. The zero-order valence-electron chi connectivity index (χ0n) is 15.0. The van der Waals surface area contributed by atoms with E-state index in [1.165, 1.54) is 0 Å². The maximum absolute atomic E-state index is 6.07. The third-order valence-electron chi connectivity index (χ3n) is 4.45. The molecule has 0 saturated heterocycles. The number of hydrogen-bond acceptors (Lipinski definition) is 7. The molecule has 0 aliphatic rings. The van der Waals surface area contributed by atoms with E-state index in [0.717, 1.165) is 33.8 Å². The zero-order chi connectivity index (χ0) is 18.8. The average Bonchev–Trinajstić information content (AvgIpc) is 3.17. The molecule has 0 amide bonds. The van der Waals surface area contributed by atoms with Gasteiger partial charge in [-0.3, -0.25) is 9.38 Å². The number of anilines is 2. The maximum Gasteiger partial charge on any atom is 0.220 e. The zero-order valence-corrected chi connectivity index (χ0v) is 15.0. The van der Waals surface area contributed by atoms with Crippen molar-refractivity contribution in [3.8, 4) is 17.0 Å². The normalized spacial score (nSPS) is 10.9. The van der Waals surface area contributed by atoms with Gasteiger partial charge in [-0.25, -0.2) is 4.98 Å². The van der Waals surface area contributed by atoms with E-state index in [9.17, 15) is 0 Å². The van der Waals surface area contributed by atoms with Crippen LogP contribution in [0.1, 0.15) is 11.3 Å². The number of nitrogens with zero attached hydrogens (tertiary/aromatic N) is 5. The lowest BCUT2D eigenvalue weighted by atomic mass is 10.1. The topological polar surface area (TPSA) is 103 Å². The smallest absolute Gasteiger partial charge is 0.220 e. The van der Waals surface area contributed by atoms with Crippen molar-refractivity contribution in [1.82, 2.24) is 24.6 Å². The third kappa shape index (κ3) is 3.01. The number of aromatic nitrogens is 5. The van der Waals surface area contributed by atoms with Crippen molar-refractivity contribution >= 4 is 17.2 Å². The van der Waals surface area contributed by atoms with Gasteiger partial charge in [0.25, 0.3) is 0 Å². The minimum Gasteiger partial charge on any atom is -0.481 e. The second-order valence-electron chi connectivity index (χ2n) is 6.03. The summed E-state index contributed by atoms with van der Waals surface area (Å²) in [6.07, 6.45) is 5.08. The molecule has 3 N–H and O–H groups in total. The molecule has 4 rings (SSSR count). The van der Waals surface area contributed by atoms with Crippen LogP contribution in [0, 0.1) is 6.92 Å². The summed E-state index contributed by atoms with van der Waals surface area (Å²) in [6, 6.07) is 9.69. The molecule has 136 valence electrons. The van der Waals surface area contributed by atoms with Crippen molar-refractivity contribution in [3.63, 3.8) is 0 Å². The first-order valence-corrected chi connectivity index (χ1v) is 8.45. The van der Waals surface area contributed by atoms with E-state index in [2.05, 4.69) is 25.5 Å². The number of hydrogen-bond donors (Lipinski definition) is 2. The summed E-state index contributed by atoms with van der Waals surface area (Å²) in [5.74, 6) is 1.34. The predicted molar refractivity (Wildman–Crippen MR) is 103 cm³/mol. The van der Waals surface area contributed by atoms with E-state index < -0.39 is 0 Å². The van der Waals surface area contributed by atoms with Crippen LogP contribution < -0.4 is 15.8 Å². The number of ether oxygens (including phenoxy) is 1. The van der Waals surface area contributed by atoms with Gasteiger partial charge in [0.2, 0.25) is 5.88 Å². The fraction of sp³-hybridized carbons (Fsp3) is 0.158. The summed E-state index contributed by atoms with van der Waals surface area (Å²) >= 11 is 0. The largest absolute Gasteiger partial charge is 0.481 e. The molecule has 0 radical (unpaired) electrons. The molecule has 4 heterocycles. The molecule has 8 nitrogen and oxygen atoms in total. The lowest BCUT2D eigenvalue weighted by Gasteiger charge is -2.14. The van der Waals surface area contributed by atoms with Crippen LogP contribution in [-0.4, -0.2) is 31.7 Å². The van der Waals surface area contributed by atoms with Gasteiger partial charge in [0.05, 0.1) is 12.7 Å². The molecule has 0 unspecified atom stereocenters. The van der Waals surface area contributed by atoms with E-state index in [1.807, 2.05) is 35.6 Å². The van der Waals surface area contributed by atoms with Gasteiger partial charge in [0.15, 0.2) is 5.65 Å². The number of pyridine rings is 3. The first kappa shape index (κ1) is 16.8. The molecule has 0 aliphatic heterocycles. The van der Waals surface area contributed by atoms with E-state index >= 15 is 0 Å². The van der Waals surface area contributed by atoms with Crippen LogP contribution >= 0.6 is 0 Å². The van der Waals surface area contributed by atoms with E-state index in [-0.39, 0.29) is 0 Å². The van der Waals surface area contributed by atoms with Gasteiger partial charge in [0, 0.05) is 41.4 Å². The number of nitrogens with one attached hydrogen (secondary N) is 1. The molecule has 0 atom stereocenters. The number of aryl methyl sites for hydroxylation is 1. The molecule has 0 bridgehead atoms. The quantitative estimate of drug-likeness (QED) is 0.563. The summed E-state index contributed by atoms with van der Waals surface area (Å²) in [4.78, 5) is 8.57. The summed E-state index contributed by atoms with van der Waals surface area (Å²) < 4.78 is 7.21. The van der Waals surface area contributed by atoms with E-state index in [1.54, 1.807) is 31.9 Å². The molecule has 0 spiro atoms. The van der Waals surface area contributed by atoms with Crippen molar-refractivity contribution in [1.29, 1.82) is 0 Å². The Hall–Kier alpha value is -3.68. The van der Waals surface area contributed by atoms with Crippen LogP contribution in [0.15, 0.2) is 49.1 Å². The standard InChI is InChI=1S/C19H19N7O/c1-12-13(4-3-8-21-12)14-5-6-17(26-11-24-25-18(14)26)23-10-15-16(20)7-9-22-19(15)27-2/h3-9,11,23H,10H2,1-2H3,(H2,20,22). The Morgan fingerprint density at radius 3 is 2.81 bits per heavy atom. The lowest BCUT2D eigenvalue weighted by Crippen LogP contribution is -2.08. The van der Waals surface area contributed by atoms with Crippen molar-refractivity contribution < 1.29 is 4.74 Å². The first-order valence-electron chi connectivity index (χ1n) is 8.45. The molecule has 0 aromatic carbocycles. The van der Waals surface area contributed by atoms with Gasteiger partial charge in [0.1, 0.15) is 12.1 Å². The van der Waals surface area contributed by atoms with Crippen LogP contribution in [-0.2, 0) is 6.54 Å². The summed E-state index contributed by atoms with van der Waals surface area (Å²) in [5.41, 5.74) is 11.2. The number of methoxy groups -OCH3 is 1. The predicted octanol–water partition coefficient (Wildman–Crippen LogP) is 2.70. The summed E-state index contributed by atoms with van der Waals surface area (Å²) in [6.45, 7) is 2.44. The summed E-state index contributed by atoms with van der Waals surface area (Å²) in [7, 11) is 1.58. The highest BCUT2D eigenvalue weighted by Gasteiger charge is 2.13. The summed E-state index contributed by atoms with van der Waals surface area (Å²) in [5, 5.41) is 11.7. The van der Waals surface area contributed by atoms with Gasteiger partial charge in [-0.15, -0.1) is 10.2 Å². The fourth-order valence-electron chi connectivity index (χ4n) is 3.06. The Kier molecular flexibility index (Phi) is 4.29. The Labute approximate surface area is 156 Å². The fourth-order valence-corrected chi connectivity index (χ4v) is 3.06. The van der Waals surface area contributed by atoms with Crippen LogP contribution in [0.4, 0.5) is 11.5 Å². The molecule has 8 heteroatoms. The molecule has 27 heavy (non-hydrogen) atoms. The van der Waals surface area contributed by atoms with Gasteiger partial charge < -0.3 is 15.8 Å². The van der Waals surface area contributed by atoms with Crippen molar-refractivity contribution in [2.24, 2.45) is 0 Å². The Balaban J connectivity index is 1.70. The molecular formula is C19H19N7O.